The van der Waals surface area contributed by atoms with Gasteiger partial charge in [-0.2, -0.15) is 0 Å². The Labute approximate surface area is 118 Å². The van der Waals surface area contributed by atoms with E-state index in [9.17, 15) is 4.79 Å². The van der Waals surface area contributed by atoms with Gasteiger partial charge in [-0.05, 0) is 31.0 Å². The predicted octanol–water partition coefficient (Wildman–Crippen LogP) is 2.04. The number of benzene rings is 1. The van der Waals surface area contributed by atoms with Crippen LogP contribution in [0.1, 0.15) is 24.9 Å². The summed E-state index contributed by atoms with van der Waals surface area (Å²) in [5.41, 5.74) is 8.72. The van der Waals surface area contributed by atoms with E-state index in [-0.39, 0.29) is 17.8 Å². The number of halogens is 1. The zero-order chi connectivity index (χ0) is 13.6. The average Bonchev–Trinajstić information content (AvgIpc) is 2.92. The fourth-order valence-electron chi connectivity index (χ4n) is 2.68. The lowest BCUT2D eigenvalue weighted by atomic mass is 9.91. The van der Waals surface area contributed by atoms with Crippen LogP contribution >= 0.6 is 15.9 Å². The summed E-state index contributed by atoms with van der Waals surface area (Å²) in [7, 11) is 0. The molecule has 0 saturated carbocycles. The molecule has 1 aromatic carbocycles. The molecule has 1 fully saturated rings. The number of hydrogen-bond donors (Lipinski definition) is 3. The molecule has 0 amide bonds. The first-order chi connectivity index (χ1) is 9.04. The van der Waals surface area contributed by atoms with Gasteiger partial charge in [0, 0.05) is 16.4 Å². The fraction of sp³-hybridized carbons (Fsp3) is 0.462. The van der Waals surface area contributed by atoms with Gasteiger partial charge in [0.15, 0.2) is 0 Å². The second kappa shape index (κ2) is 4.77. The predicted molar refractivity (Wildman–Crippen MR) is 77.1 cm³/mol. The highest BCUT2D eigenvalue weighted by Gasteiger charge is 2.29. The van der Waals surface area contributed by atoms with Crippen molar-refractivity contribution in [3.05, 3.63) is 32.7 Å². The highest BCUT2D eigenvalue weighted by molar-refractivity contribution is 9.10. The van der Waals surface area contributed by atoms with E-state index >= 15 is 0 Å². The van der Waals surface area contributed by atoms with Gasteiger partial charge < -0.3 is 20.4 Å². The van der Waals surface area contributed by atoms with Gasteiger partial charge in [0.05, 0.1) is 23.7 Å². The van der Waals surface area contributed by atoms with Gasteiger partial charge in [-0.3, -0.25) is 0 Å². The van der Waals surface area contributed by atoms with Crippen LogP contribution in [0.4, 0.5) is 0 Å². The van der Waals surface area contributed by atoms with E-state index < -0.39 is 0 Å². The Morgan fingerprint density at radius 2 is 2.11 bits per heavy atom. The Hall–Kier alpha value is -1.11. The van der Waals surface area contributed by atoms with Gasteiger partial charge in [-0.25, -0.2) is 4.79 Å². The van der Waals surface area contributed by atoms with Gasteiger partial charge in [0.1, 0.15) is 0 Å². The number of ether oxygens (including phenoxy) is 1. The number of nitrogens with two attached hydrogens (primary N) is 1. The van der Waals surface area contributed by atoms with Crippen LogP contribution < -0.4 is 11.4 Å². The molecule has 3 rings (SSSR count). The van der Waals surface area contributed by atoms with Crippen molar-refractivity contribution in [2.24, 2.45) is 11.7 Å². The van der Waals surface area contributed by atoms with E-state index in [0.717, 1.165) is 27.5 Å². The molecule has 6 heteroatoms. The van der Waals surface area contributed by atoms with Crippen LogP contribution in [-0.2, 0) is 4.74 Å². The average molecular weight is 326 g/mol. The van der Waals surface area contributed by atoms with Crippen LogP contribution in [-0.4, -0.2) is 22.7 Å². The van der Waals surface area contributed by atoms with Crippen LogP contribution in [0.15, 0.2) is 21.4 Å². The number of imidazole rings is 1. The van der Waals surface area contributed by atoms with Crippen molar-refractivity contribution in [2.45, 2.75) is 25.5 Å². The molecule has 102 valence electrons. The van der Waals surface area contributed by atoms with E-state index in [4.69, 9.17) is 10.5 Å². The molecule has 5 nitrogen and oxygen atoms in total. The molecule has 3 atom stereocenters. The van der Waals surface area contributed by atoms with E-state index in [0.29, 0.717) is 12.5 Å². The van der Waals surface area contributed by atoms with Crippen molar-refractivity contribution in [3.8, 4) is 0 Å². The van der Waals surface area contributed by atoms with Crippen molar-refractivity contribution in [1.29, 1.82) is 0 Å². The Bertz CT molecular complexity index is 663. The quantitative estimate of drug-likeness (QED) is 0.790. The summed E-state index contributed by atoms with van der Waals surface area (Å²) in [6.07, 6.45) is 1.24. The monoisotopic (exact) mass is 325 g/mol. The second-order valence-electron chi connectivity index (χ2n) is 5.16. The number of nitrogens with one attached hydrogen (secondary N) is 2. The van der Waals surface area contributed by atoms with Gasteiger partial charge >= 0.3 is 5.69 Å². The number of hydrogen-bond acceptors (Lipinski definition) is 3. The lowest BCUT2D eigenvalue weighted by Crippen LogP contribution is -2.22. The van der Waals surface area contributed by atoms with Gasteiger partial charge in [0.25, 0.3) is 0 Å². The Morgan fingerprint density at radius 1 is 1.42 bits per heavy atom. The summed E-state index contributed by atoms with van der Waals surface area (Å²) in [6.45, 7) is 2.76. The summed E-state index contributed by atoms with van der Waals surface area (Å²) in [5, 5.41) is 0. The van der Waals surface area contributed by atoms with Crippen molar-refractivity contribution >= 4 is 27.0 Å². The second-order valence-corrected chi connectivity index (χ2v) is 6.02. The smallest absolute Gasteiger partial charge is 0.323 e. The van der Waals surface area contributed by atoms with Crippen LogP contribution in [0.25, 0.3) is 11.0 Å². The molecule has 4 N–H and O–H groups in total. The summed E-state index contributed by atoms with van der Waals surface area (Å²) < 4.78 is 6.50. The highest BCUT2D eigenvalue weighted by Crippen LogP contribution is 2.34. The minimum Gasteiger partial charge on any atom is -0.378 e. The first kappa shape index (κ1) is 12.9. The molecule has 0 radical (unpaired) electrons. The minimum absolute atomic E-state index is 0.0953. The molecular formula is C13H16BrN3O2. The van der Waals surface area contributed by atoms with Crippen molar-refractivity contribution < 1.29 is 4.74 Å². The number of aromatic amines is 2. The van der Waals surface area contributed by atoms with Gasteiger partial charge in [-0.1, -0.05) is 15.9 Å². The zero-order valence-corrected chi connectivity index (χ0v) is 12.2. The maximum Gasteiger partial charge on any atom is 0.323 e. The third-order valence-corrected chi connectivity index (χ3v) is 4.42. The van der Waals surface area contributed by atoms with Crippen LogP contribution in [0.3, 0.4) is 0 Å². The van der Waals surface area contributed by atoms with Crippen molar-refractivity contribution in [1.82, 2.24) is 9.97 Å². The van der Waals surface area contributed by atoms with Crippen molar-refractivity contribution in [3.63, 3.8) is 0 Å². The molecule has 1 aromatic heterocycles. The lowest BCUT2D eigenvalue weighted by molar-refractivity contribution is 0.118. The SMILES string of the molecule is CC1CC(C(N)c2cc3[nH]c(=O)[nH]c3cc2Br)CO1. The molecule has 0 bridgehead atoms. The van der Waals surface area contributed by atoms with Crippen molar-refractivity contribution in [2.75, 3.05) is 6.61 Å². The van der Waals surface area contributed by atoms with Gasteiger partial charge in [0.2, 0.25) is 0 Å². The first-order valence-corrected chi connectivity index (χ1v) is 7.12. The maximum absolute atomic E-state index is 11.3. The molecule has 3 unspecified atom stereocenters. The summed E-state index contributed by atoms with van der Waals surface area (Å²) >= 11 is 3.53. The summed E-state index contributed by atoms with van der Waals surface area (Å²) in [4.78, 5) is 16.8. The van der Waals surface area contributed by atoms with E-state index in [1.807, 2.05) is 12.1 Å². The van der Waals surface area contributed by atoms with E-state index in [1.165, 1.54) is 0 Å². The number of rotatable bonds is 2. The van der Waals surface area contributed by atoms with E-state index in [2.05, 4.69) is 32.8 Å². The molecule has 2 aromatic rings. The molecule has 1 aliphatic heterocycles. The first-order valence-electron chi connectivity index (χ1n) is 6.33. The Balaban J connectivity index is 1.99. The summed E-state index contributed by atoms with van der Waals surface area (Å²) in [6, 6.07) is 3.73. The minimum atomic E-state index is -0.203. The Kier molecular flexibility index (Phi) is 3.24. The third kappa shape index (κ3) is 2.35. The molecule has 19 heavy (non-hydrogen) atoms. The van der Waals surface area contributed by atoms with Crippen LogP contribution in [0, 0.1) is 5.92 Å². The molecule has 0 spiro atoms. The highest BCUT2D eigenvalue weighted by atomic mass is 79.9. The zero-order valence-electron chi connectivity index (χ0n) is 10.6. The van der Waals surface area contributed by atoms with Crippen LogP contribution in [0.2, 0.25) is 0 Å². The molecular weight excluding hydrogens is 310 g/mol. The molecule has 0 aliphatic carbocycles. The molecule has 1 aliphatic rings. The number of fused-ring (bicyclic) bond motifs is 1. The standard InChI is InChI=1S/C13H16BrN3O2/c1-6-2-7(5-19-6)12(15)8-3-10-11(4-9(8)14)17-13(18)16-10/h3-4,6-7,12H,2,5,15H2,1H3,(H2,16,17,18). The normalized spacial score (nSPS) is 25.0. The fourth-order valence-corrected chi connectivity index (χ4v) is 3.29. The third-order valence-electron chi connectivity index (χ3n) is 3.73. The topological polar surface area (TPSA) is 83.9 Å². The number of H-pyrrole nitrogens is 2. The van der Waals surface area contributed by atoms with Gasteiger partial charge in [-0.15, -0.1) is 0 Å². The van der Waals surface area contributed by atoms with Crippen LogP contribution in [0.5, 0.6) is 0 Å². The largest absolute Gasteiger partial charge is 0.378 e. The van der Waals surface area contributed by atoms with E-state index in [1.54, 1.807) is 0 Å². The number of aromatic nitrogens is 2. The lowest BCUT2D eigenvalue weighted by Gasteiger charge is -2.19. The summed E-state index contributed by atoms with van der Waals surface area (Å²) in [5.74, 6) is 0.314. The Morgan fingerprint density at radius 3 is 2.74 bits per heavy atom. The maximum atomic E-state index is 11.3. The molecule has 1 saturated heterocycles. The molecule has 2 heterocycles.